The predicted octanol–water partition coefficient (Wildman–Crippen LogP) is 2.50. The summed E-state index contributed by atoms with van der Waals surface area (Å²) in [5.41, 5.74) is -0.00958. The number of likely N-dealkylation sites (tertiary alicyclic amines) is 1. The van der Waals surface area contributed by atoms with Crippen LogP contribution in [0, 0.1) is 0 Å². The monoisotopic (exact) mass is 379 g/mol. The van der Waals surface area contributed by atoms with Crippen LogP contribution in [0.15, 0.2) is 54.6 Å². The highest BCUT2D eigenvalue weighted by atomic mass is 16.5. The van der Waals surface area contributed by atoms with Crippen molar-refractivity contribution in [2.75, 3.05) is 20.2 Å². The number of fused-ring (bicyclic) bond motifs is 1. The van der Waals surface area contributed by atoms with Crippen LogP contribution in [0.4, 0.5) is 0 Å². The average Bonchev–Trinajstić information content (AvgIpc) is 2.70. The van der Waals surface area contributed by atoms with Crippen LogP contribution in [0.3, 0.4) is 0 Å². The Labute approximate surface area is 164 Å². The van der Waals surface area contributed by atoms with Crippen LogP contribution < -0.4 is 4.74 Å². The molecule has 2 unspecified atom stereocenters. The van der Waals surface area contributed by atoms with Gasteiger partial charge in [0.1, 0.15) is 5.75 Å². The number of β-amino-alcohol motifs (C(OH)–C–C–N with tert-alkyl or cyclic N) is 1. The van der Waals surface area contributed by atoms with Crippen molar-refractivity contribution in [1.82, 2.24) is 4.90 Å². The predicted molar refractivity (Wildman–Crippen MR) is 105 cm³/mol. The van der Waals surface area contributed by atoms with Crippen LogP contribution in [0.1, 0.15) is 30.4 Å². The van der Waals surface area contributed by atoms with Gasteiger partial charge in [0.25, 0.3) is 0 Å². The molecule has 0 spiro atoms. The van der Waals surface area contributed by atoms with E-state index in [-0.39, 0.29) is 18.6 Å². The first-order valence-electron chi connectivity index (χ1n) is 9.65. The Bertz CT molecular complexity index is 896. The Kier molecular flexibility index (Phi) is 4.81. The van der Waals surface area contributed by atoms with Gasteiger partial charge in [0, 0.05) is 31.3 Å². The maximum Gasteiger partial charge on any atom is 0.201 e. The van der Waals surface area contributed by atoms with Crippen LogP contribution >= 0.6 is 0 Å². The van der Waals surface area contributed by atoms with Gasteiger partial charge in [-0.1, -0.05) is 42.5 Å². The van der Waals surface area contributed by atoms with E-state index in [0.29, 0.717) is 25.3 Å². The van der Waals surface area contributed by atoms with Crippen molar-refractivity contribution in [1.29, 1.82) is 0 Å². The molecule has 0 bridgehead atoms. The minimum Gasteiger partial charge on any atom is -0.497 e. The second-order valence-electron chi connectivity index (χ2n) is 7.99. The quantitative estimate of drug-likeness (QED) is 0.827. The van der Waals surface area contributed by atoms with E-state index < -0.39 is 16.8 Å². The first-order chi connectivity index (χ1) is 13.5. The first kappa shape index (κ1) is 18.8. The topological polar surface area (TPSA) is 66.8 Å². The zero-order valence-corrected chi connectivity index (χ0v) is 16.1. The van der Waals surface area contributed by atoms with Gasteiger partial charge in [-0.25, -0.2) is 0 Å². The maximum atomic E-state index is 12.4. The van der Waals surface area contributed by atoms with E-state index in [1.807, 2.05) is 42.5 Å². The largest absolute Gasteiger partial charge is 0.497 e. The molecule has 1 saturated heterocycles. The van der Waals surface area contributed by atoms with Crippen LogP contribution in [0.5, 0.6) is 5.75 Å². The number of aliphatic hydroxyl groups is 1. The Morgan fingerprint density at radius 2 is 1.79 bits per heavy atom. The van der Waals surface area contributed by atoms with Gasteiger partial charge >= 0.3 is 0 Å². The number of carbonyl (C=O) groups is 2. The number of carbonyl (C=O) groups excluding carboxylic acids is 2. The van der Waals surface area contributed by atoms with E-state index in [1.165, 1.54) is 0 Å². The highest BCUT2D eigenvalue weighted by molar-refractivity contribution is 6.38. The summed E-state index contributed by atoms with van der Waals surface area (Å²) in [5.74, 6) is -0.170. The van der Waals surface area contributed by atoms with Crippen LogP contribution in [0.25, 0.3) is 0 Å². The SMILES string of the molecule is COc1cccc(C23CCN(Cc4ccccc4)CC2(O)CC(=O)C(=O)C3)c1. The molecule has 5 nitrogen and oxygen atoms in total. The highest BCUT2D eigenvalue weighted by Crippen LogP contribution is 2.50. The molecule has 28 heavy (non-hydrogen) atoms. The summed E-state index contributed by atoms with van der Waals surface area (Å²) in [6, 6.07) is 17.6. The van der Waals surface area contributed by atoms with Gasteiger partial charge in [0.15, 0.2) is 5.78 Å². The summed E-state index contributed by atoms with van der Waals surface area (Å²) < 4.78 is 5.36. The Hall–Kier alpha value is -2.50. The minimum atomic E-state index is -1.28. The smallest absolute Gasteiger partial charge is 0.201 e. The summed E-state index contributed by atoms with van der Waals surface area (Å²) >= 11 is 0. The van der Waals surface area contributed by atoms with Gasteiger partial charge in [-0.15, -0.1) is 0 Å². The molecule has 1 heterocycles. The number of hydrogen-bond donors (Lipinski definition) is 1. The lowest BCUT2D eigenvalue weighted by molar-refractivity contribution is -0.160. The van der Waals surface area contributed by atoms with Crippen LogP contribution in [0.2, 0.25) is 0 Å². The fourth-order valence-electron chi connectivity index (χ4n) is 4.81. The maximum absolute atomic E-state index is 12.4. The second kappa shape index (κ2) is 7.15. The molecule has 2 atom stereocenters. The summed E-state index contributed by atoms with van der Waals surface area (Å²) in [7, 11) is 1.60. The molecule has 0 aromatic heterocycles. The molecule has 2 aromatic carbocycles. The number of hydrogen-bond acceptors (Lipinski definition) is 5. The van der Waals surface area contributed by atoms with E-state index in [9.17, 15) is 14.7 Å². The van der Waals surface area contributed by atoms with Crippen molar-refractivity contribution in [3.63, 3.8) is 0 Å². The molecule has 2 aromatic rings. The van der Waals surface area contributed by atoms with Crippen molar-refractivity contribution in [2.24, 2.45) is 0 Å². The Morgan fingerprint density at radius 1 is 1.04 bits per heavy atom. The molecule has 2 fully saturated rings. The lowest BCUT2D eigenvalue weighted by Crippen LogP contribution is -2.67. The molecule has 4 rings (SSSR count). The normalized spacial score (nSPS) is 28.1. The Morgan fingerprint density at radius 3 is 2.54 bits per heavy atom. The van der Waals surface area contributed by atoms with Gasteiger partial charge in [-0.3, -0.25) is 14.5 Å². The third-order valence-electron chi connectivity index (χ3n) is 6.33. The number of ketones is 2. The van der Waals surface area contributed by atoms with Gasteiger partial charge < -0.3 is 9.84 Å². The molecular formula is C23H25NO4. The van der Waals surface area contributed by atoms with E-state index in [0.717, 1.165) is 17.7 Å². The molecule has 2 aliphatic rings. The number of piperidine rings is 1. The molecule has 5 heteroatoms. The number of rotatable bonds is 4. The minimum absolute atomic E-state index is 0.0503. The summed E-state index contributed by atoms with van der Waals surface area (Å²) in [6.45, 7) is 1.81. The third kappa shape index (κ3) is 3.15. The first-order valence-corrected chi connectivity index (χ1v) is 9.65. The van der Waals surface area contributed by atoms with E-state index in [2.05, 4.69) is 17.0 Å². The van der Waals surface area contributed by atoms with Gasteiger partial charge in [0.05, 0.1) is 12.7 Å². The van der Waals surface area contributed by atoms with Gasteiger partial charge in [0.2, 0.25) is 5.78 Å². The summed E-state index contributed by atoms with van der Waals surface area (Å²) in [6.07, 6.45) is 0.533. The Balaban J connectivity index is 1.69. The molecule has 1 saturated carbocycles. The number of methoxy groups -OCH3 is 1. The molecule has 0 amide bonds. The van der Waals surface area contributed by atoms with Crippen molar-refractivity contribution >= 4 is 11.6 Å². The van der Waals surface area contributed by atoms with Crippen molar-refractivity contribution < 1.29 is 19.4 Å². The molecule has 146 valence electrons. The van der Waals surface area contributed by atoms with E-state index in [4.69, 9.17) is 4.74 Å². The molecule has 0 radical (unpaired) electrons. The number of ether oxygens (including phenoxy) is 1. The third-order valence-corrected chi connectivity index (χ3v) is 6.33. The van der Waals surface area contributed by atoms with Gasteiger partial charge in [-0.2, -0.15) is 0 Å². The van der Waals surface area contributed by atoms with Crippen LogP contribution in [-0.4, -0.2) is 47.4 Å². The zero-order chi connectivity index (χ0) is 19.8. The molecular weight excluding hydrogens is 354 g/mol. The molecule has 1 aliphatic carbocycles. The lowest BCUT2D eigenvalue weighted by Gasteiger charge is -2.55. The van der Waals surface area contributed by atoms with E-state index in [1.54, 1.807) is 7.11 Å². The number of Topliss-reactive ketones (excluding diaryl/α,β-unsaturated/α-hetero) is 2. The van der Waals surface area contributed by atoms with Crippen LogP contribution in [-0.2, 0) is 21.5 Å². The fraction of sp³-hybridized carbons (Fsp3) is 0.391. The van der Waals surface area contributed by atoms with E-state index >= 15 is 0 Å². The summed E-state index contributed by atoms with van der Waals surface area (Å²) in [4.78, 5) is 26.8. The molecule has 1 N–H and O–H groups in total. The van der Waals surface area contributed by atoms with Crippen molar-refractivity contribution in [3.8, 4) is 5.75 Å². The average molecular weight is 379 g/mol. The lowest BCUT2D eigenvalue weighted by atomic mass is 9.55. The van der Waals surface area contributed by atoms with Crippen molar-refractivity contribution in [2.45, 2.75) is 36.8 Å². The van der Waals surface area contributed by atoms with Crippen molar-refractivity contribution in [3.05, 3.63) is 65.7 Å². The summed E-state index contributed by atoms with van der Waals surface area (Å²) in [5, 5.41) is 11.7. The standard InChI is InChI=1S/C23H25NO4/c1-28-19-9-5-8-18(12-19)22-10-11-24(15-17-6-3-2-4-7-17)16-23(22,27)14-21(26)20(25)13-22/h2-9,12,27H,10-11,13-16H2,1H3. The second-order valence-corrected chi connectivity index (χ2v) is 7.99. The highest BCUT2D eigenvalue weighted by Gasteiger charge is 2.59. The number of benzene rings is 2. The number of nitrogens with zero attached hydrogens (tertiary/aromatic N) is 1. The molecule has 1 aliphatic heterocycles. The van der Waals surface area contributed by atoms with Gasteiger partial charge in [-0.05, 0) is 36.2 Å². The zero-order valence-electron chi connectivity index (χ0n) is 16.1. The fourth-order valence-corrected chi connectivity index (χ4v) is 4.81.